The van der Waals surface area contributed by atoms with E-state index in [0.717, 1.165) is 30.0 Å². The number of carbonyl (C=O) groups is 1. The summed E-state index contributed by atoms with van der Waals surface area (Å²) in [5.74, 6) is 0.101. The van der Waals surface area contributed by atoms with E-state index in [0.29, 0.717) is 18.2 Å². The molecule has 0 bridgehead atoms. The fourth-order valence-electron chi connectivity index (χ4n) is 3.55. The Kier molecular flexibility index (Phi) is 5.98. The van der Waals surface area contributed by atoms with Crippen LogP contribution in [0.5, 0.6) is 0 Å². The first-order valence-corrected chi connectivity index (χ1v) is 10.8. The number of aromatic nitrogens is 4. The van der Waals surface area contributed by atoms with Crippen LogP contribution in [-0.4, -0.2) is 62.9 Å². The predicted octanol–water partition coefficient (Wildman–Crippen LogP) is 2.86. The molecule has 0 unspecified atom stereocenters. The Morgan fingerprint density at radius 3 is 2.50 bits per heavy atom. The number of carbonyl (C=O) groups excluding carboxylic acids is 1. The van der Waals surface area contributed by atoms with E-state index in [1.54, 1.807) is 16.8 Å². The first kappa shape index (κ1) is 20.3. The molecule has 1 aliphatic rings. The highest BCUT2D eigenvalue weighted by molar-refractivity contribution is 7.99. The van der Waals surface area contributed by atoms with Crippen molar-refractivity contribution in [2.75, 3.05) is 36.8 Å². The number of halogens is 1. The molecular formula is C21H23FN6OS. The molecule has 0 N–H and O–H groups in total. The fraction of sp³-hybridized carbons (Fsp3) is 0.333. The molecule has 0 saturated carbocycles. The van der Waals surface area contributed by atoms with Crippen LogP contribution in [0.1, 0.15) is 11.1 Å². The summed E-state index contributed by atoms with van der Waals surface area (Å²) in [5.41, 5.74) is 4.14. The maximum absolute atomic E-state index is 13.1. The van der Waals surface area contributed by atoms with E-state index in [9.17, 15) is 9.18 Å². The monoisotopic (exact) mass is 426 g/mol. The van der Waals surface area contributed by atoms with Crippen LogP contribution in [0.2, 0.25) is 0 Å². The molecule has 1 aliphatic heterocycles. The van der Waals surface area contributed by atoms with E-state index in [4.69, 9.17) is 0 Å². The van der Waals surface area contributed by atoms with Gasteiger partial charge in [-0.2, -0.15) is 4.68 Å². The van der Waals surface area contributed by atoms with Gasteiger partial charge >= 0.3 is 0 Å². The number of benzene rings is 2. The minimum Gasteiger partial charge on any atom is -0.368 e. The van der Waals surface area contributed by atoms with Gasteiger partial charge in [0.05, 0.1) is 11.4 Å². The van der Waals surface area contributed by atoms with Crippen LogP contribution in [0.4, 0.5) is 10.1 Å². The Bertz CT molecular complexity index is 1030. The second-order valence-corrected chi connectivity index (χ2v) is 8.24. The molecule has 1 aromatic heterocycles. The van der Waals surface area contributed by atoms with Gasteiger partial charge in [0.25, 0.3) is 0 Å². The van der Waals surface area contributed by atoms with Gasteiger partial charge in [-0.25, -0.2) is 4.39 Å². The summed E-state index contributed by atoms with van der Waals surface area (Å²) in [4.78, 5) is 16.7. The van der Waals surface area contributed by atoms with Crippen LogP contribution in [0.25, 0.3) is 5.69 Å². The third-order valence-electron chi connectivity index (χ3n) is 5.17. The molecule has 0 radical (unpaired) electrons. The van der Waals surface area contributed by atoms with Crippen LogP contribution in [0, 0.1) is 19.7 Å². The lowest BCUT2D eigenvalue weighted by atomic mass is 10.1. The lowest BCUT2D eigenvalue weighted by molar-refractivity contribution is -0.128. The lowest BCUT2D eigenvalue weighted by Crippen LogP contribution is -2.49. The van der Waals surface area contributed by atoms with Gasteiger partial charge in [0.15, 0.2) is 0 Å². The van der Waals surface area contributed by atoms with Crippen LogP contribution in [-0.2, 0) is 4.79 Å². The summed E-state index contributed by atoms with van der Waals surface area (Å²) in [6.45, 7) is 6.78. The fourth-order valence-corrected chi connectivity index (χ4v) is 4.33. The van der Waals surface area contributed by atoms with Crippen molar-refractivity contribution in [2.45, 2.75) is 19.0 Å². The Labute approximate surface area is 178 Å². The number of hydrogen-bond donors (Lipinski definition) is 0. The third kappa shape index (κ3) is 4.46. The van der Waals surface area contributed by atoms with Crippen LogP contribution in [0.15, 0.2) is 47.6 Å². The van der Waals surface area contributed by atoms with Gasteiger partial charge in [0.2, 0.25) is 11.1 Å². The summed E-state index contributed by atoms with van der Waals surface area (Å²) in [6, 6.07) is 12.6. The van der Waals surface area contributed by atoms with Crippen molar-refractivity contribution in [3.05, 3.63) is 59.4 Å². The zero-order chi connectivity index (χ0) is 21.1. The zero-order valence-electron chi connectivity index (χ0n) is 17.0. The van der Waals surface area contributed by atoms with Crippen molar-refractivity contribution in [1.29, 1.82) is 0 Å². The molecule has 0 aliphatic carbocycles. The molecule has 2 aromatic carbocycles. The van der Waals surface area contributed by atoms with Crippen molar-refractivity contribution in [3.8, 4) is 5.69 Å². The Morgan fingerprint density at radius 1 is 1.07 bits per heavy atom. The largest absolute Gasteiger partial charge is 0.368 e. The predicted molar refractivity (Wildman–Crippen MR) is 115 cm³/mol. The normalized spacial score (nSPS) is 14.2. The van der Waals surface area contributed by atoms with Crippen molar-refractivity contribution >= 4 is 23.4 Å². The number of anilines is 1. The minimum atomic E-state index is -0.243. The van der Waals surface area contributed by atoms with Crippen molar-refractivity contribution < 1.29 is 9.18 Å². The molecule has 2 heterocycles. The SMILES string of the molecule is Cc1ccc(-n2nnnc2SCC(=O)N2CCN(c3ccc(F)cc3)CC2)c(C)c1. The maximum Gasteiger partial charge on any atom is 0.233 e. The summed E-state index contributed by atoms with van der Waals surface area (Å²) in [5, 5.41) is 12.6. The van der Waals surface area contributed by atoms with Gasteiger partial charge in [-0.3, -0.25) is 4.79 Å². The molecule has 3 aromatic rings. The highest BCUT2D eigenvalue weighted by atomic mass is 32.2. The number of piperazine rings is 1. The van der Waals surface area contributed by atoms with Gasteiger partial charge < -0.3 is 9.80 Å². The number of tetrazole rings is 1. The third-order valence-corrected chi connectivity index (χ3v) is 6.07. The summed E-state index contributed by atoms with van der Waals surface area (Å²) >= 11 is 1.34. The standard InChI is InChI=1S/C21H23FN6OS/c1-15-3-8-19(16(2)13-15)28-21(23-24-25-28)30-14-20(29)27-11-9-26(10-12-27)18-6-4-17(22)5-7-18/h3-8,13H,9-12,14H2,1-2H3. The van der Waals surface area contributed by atoms with Crippen LogP contribution >= 0.6 is 11.8 Å². The summed E-state index contributed by atoms with van der Waals surface area (Å²) in [7, 11) is 0. The minimum absolute atomic E-state index is 0.0638. The smallest absolute Gasteiger partial charge is 0.233 e. The van der Waals surface area contributed by atoms with Gasteiger partial charge in [-0.15, -0.1) is 5.10 Å². The number of hydrogen-bond acceptors (Lipinski definition) is 6. The second kappa shape index (κ2) is 8.83. The summed E-state index contributed by atoms with van der Waals surface area (Å²) < 4.78 is 14.8. The number of aryl methyl sites for hydroxylation is 2. The van der Waals surface area contributed by atoms with Gasteiger partial charge in [-0.05, 0) is 60.2 Å². The Hall–Kier alpha value is -2.94. The molecule has 30 heavy (non-hydrogen) atoms. The molecule has 1 fully saturated rings. The number of thioether (sulfide) groups is 1. The van der Waals surface area contributed by atoms with Gasteiger partial charge in [0.1, 0.15) is 5.82 Å². The number of nitrogens with zero attached hydrogens (tertiary/aromatic N) is 6. The van der Waals surface area contributed by atoms with Crippen molar-refractivity contribution in [2.24, 2.45) is 0 Å². The number of rotatable bonds is 5. The van der Waals surface area contributed by atoms with E-state index in [2.05, 4.69) is 26.5 Å². The molecular weight excluding hydrogens is 403 g/mol. The number of amides is 1. The second-order valence-electron chi connectivity index (χ2n) is 7.30. The molecule has 4 rings (SSSR count). The van der Waals surface area contributed by atoms with Crippen molar-refractivity contribution in [3.63, 3.8) is 0 Å². The van der Waals surface area contributed by atoms with Crippen LogP contribution in [0.3, 0.4) is 0 Å². The highest BCUT2D eigenvalue weighted by Gasteiger charge is 2.22. The van der Waals surface area contributed by atoms with E-state index in [1.807, 2.05) is 30.9 Å². The maximum atomic E-state index is 13.1. The zero-order valence-corrected chi connectivity index (χ0v) is 17.8. The molecule has 156 valence electrons. The Morgan fingerprint density at radius 2 is 1.80 bits per heavy atom. The summed E-state index contributed by atoms with van der Waals surface area (Å²) in [6.07, 6.45) is 0. The van der Waals surface area contributed by atoms with Gasteiger partial charge in [-0.1, -0.05) is 29.5 Å². The Balaban J connectivity index is 1.34. The first-order valence-electron chi connectivity index (χ1n) is 9.78. The van der Waals surface area contributed by atoms with Crippen molar-refractivity contribution in [1.82, 2.24) is 25.1 Å². The quantitative estimate of drug-likeness (QED) is 0.585. The average Bonchev–Trinajstić information content (AvgIpc) is 3.21. The highest BCUT2D eigenvalue weighted by Crippen LogP contribution is 2.22. The molecule has 0 atom stereocenters. The topological polar surface area (TPSA) is 67.2 Å². The molecule has 1 saturated heterocycles. The molecule has 9 heteroatoms. The first-order chi connectivity index (χ1) is 14.5. The van der Waals surface area contributed by atoms with Gasteiger partial charge in [0, 0.05) is 31.9 Å². The molecule has 1 amide bonds. The van der Waals surface area contributed by atoms with E-state index in [-0.39, 0.29) is 17.5 Å². The van der Waals surface area contributed by atoms with E-state index in [1.165, 1.54) is 29.5 Å². The van der Waals surface area contributed by atoms with E-state index >= 15 is 0 Å². The van der Waals surface area contributed by atoms with Crippen LogP contribution < -0.4 is 4.90 Å². The molecule has 0 spiro atoms. The van der Waals surface area contributed by atoms with E-state index < -0.39 is 0 Å². The lowest BCUT2D eigenvalue weighted by Gasteiger charge is -2.36. The average molecular weight is 427 g/mol. The molecule has 7 nitrogen and oxygen atoms in total.